The van der Waals surface area contributed by atoms with Gasteiger partial charge in [0.1, 0.15) is 11.5 Å². The van der Waals surface area contributed by atoms with Crippen molar-refractivity contribution in [3.05, 3.63) is 23.7 Å². The standard InChI is InChI=1S/C19H30N2O3/c1-14-12-16(14)17-6-4-15(24-17)5-7-18(22)21-10-8-20(9-11-21)13-19(2,3)23/h4,6,14,16,23H,5,7-13H2,1-3H3/t14-,16-/m0/s1. The predicted octanol–water partition coefficient (Wildman–Crippen LogP) is 2.25. The zero-order chi connectivity index (χ0) is 17.3. The average Bonchev–Trinajstić information content (AvgIpc) is 3.06. The molecule has 2 atom stereocenters. The maximum Gasteiger partial charge on any atom is 0.223 e. The summed E-state index contributed by atoms with van der Waals surface area (Å²) in [5, 5.41) is 9.88. The van der Waals surface area contributed by atoms with E-state index in [0.717, 1.165) is 43.6 Å². The van der Waals surface area contributed by atoms with Gasteiger partial charge in [0.25, 0.3) is 0 Å². The molecule has 1 aliphatic heterocycles. The van der Waals surface area contributed by atoms with E-state index < -0.39 is 5.60 Å². The Morgan fingerprint density at radius 3 is 2.54 bits per heavy atom. The van der Waals surface area contributed by atoms with Crippen molar-refractivity contribution in [2.75, 3.05) is 32.7 Å². The van der Waals surface area contributed by atoms with Gasteiger partial charge in [-0.05, 0) is 38.3 Å². The first-order valence-corrected chi connectivity index (χ1v) is 9.13. The van der Waals surface area contributed by atoms with Gasteiger partial charge in [0.15, 0.2) is 0 Å². The molecule has 2 heterocycles. The number of β-amino-alcohol motifs (C(OH)–C–C–N with tert-alkyl or cyclic N) is 1. The van der Waals surface area contributed by atoms with Crippen LogP contribution in [-0.2, 0) is 11.2 Å². The summed E-state index contributed by atoms with van der Waals surface area (Å²) in [6.45, 7) is 9.71. The first-order valence-electron chi connectivity index (χ1n) is 9.13. The Hall–Kier alpha value is -1.33. The number of aliphatic hydroxyl groups is 1. The van der Waals surface area contributed by atoms with Crippen molar-refractivity contribution in [2.24, 2.45) is 5.92 Å². The Morgan fingerprint density at radius 2 is 1.96 bits per heavy atom. The van der Waals surface area contributed by atoms with Crippen LogP contribution in [0.3, 0.4) is 0 Å². The van der Waals surface area contributed by atoms with E-state index in [1.165, 1.54) is 6.42 Å². The van der Waals surface area contributed by atoms with E-state index in [4.69, 9.17) is 4.42 Å². The first-order chi connectivity index (χ1) is 11.3. The monoisotopic (exact) mass is 334 g/mol. The lowest BCUT2D eigenvalue weighted by Gasteiger charge is -2.37. The molecule has 5 nitrogen and oxygen atoms in total. The molecule has 134 valence electrons. The van der Waals surface area contributed by atoms with Gasteiger partial charge >= 0.3 is 0 Å². The van der Waals surface area contributed by atoms with Crippen LogP contribution in [0.25, 0.3) is 0 Å². The highest BCUT2D eigenvalue weighted by molar-refractivity contribution is 5.76. The lowest BCUT2D eigenvalue weighted by atomic mass is 10.1. The van der Waals surface area contributed by atoms with E-state index in [1.807, 2.05) is 24.8 Å². The summed E-state index contributed by atoms with van der Waals surface area (Å²) in [5.41, 5.74) is -0.678. The Kier molecular flexibility index (Phi) is 5.02. The van der Waals surface area contributed by atoms with E-state index in [2.05, 4.69) is 17.9 Å². The zero-order valence-electron chi connectivity index (χ0n) is 15.1. The first kappa shape index (κ1) is 17.5. The van der Waals surface area contributed by atoms with Gasteiger partial charge in [0, 0.05) is 51.5 Å². The third-order valence-electron chi connectivity index (χ3n) is 5.08. The molecule has 1 aromatic heterocycles. The fraction of sp³-hybridized carbons (Fsp3) is 0.737. The Labute approximate surface area is 144 Å². The molecule has 1 aliphatic carbocycles. The zero-order valence-corrected chi connectivity index (χ0v) is 15.1. The quantitative estimate of drug-likeness (QED) is 0.867. The second-order valence-electron chi connectivity index (χ2n) is 8.09. The third-order valence-corrected chi connectivity index (χ3v) is 5.08. The molecule has 3 rings (SSSR count). The van der Waals surface area contributed by atoms with Crippen molar-refractivity contribution in [2.45, 2.75) is 51.6 Å². The number of hydrogen-bond donors (Lipinski definition) is 1. The van der Waals surface area contributed by atoms with E-state index in [1.54, 1.807) is 0 Å². The maximum absolute atomic E-state index is 12.4. The average molecular weight is 334 g/mol. The summed E-state index contributed by atoms with van der Waals surface area (Å²) in [4.78, 5) is 16.5. The molecule has 1 aromatic rings. The smallest absolute Gasteiger partial charge is 0.223 e. The van der Waals surface area contributed by atoms with E-state index in [9.17, 15) is 9.90 Å². The number of furan rings is 1. The fourth-order valence-corrected chi connectivity index (χ4v) is 3.54. The van der Waals surface area contributed by atoms with Crippen molar-refractivity contribution in [3.63, 3.8) is 0 Å². The molecule has 1 N–H and O–H groups in total. The summed E-state index contributed by atoms with van der Waals surface area (Å²) >= 11 is 0. The predicted molar refractivity (Wildman–Crippen MR) is 92.9 cm³/mol. The number of aryl methyl sites for hydroxylation is 1. The Morgan fingerprint density at radius 1 is 1.29 bits per heavy atom. The van der Waals surface area contributed by atoms with Crippen LogP contribution in [0.5, 0.6) is 0 Å². The number of carbonyl (C=O) groups is 1. The number of hydrogen-bond acceptors (Lipinski definition) is 4. The number of piperazine rings is 1. The van der Waals surface area contributed by atoms with Crippen LogP contribution < -0.4 is 0 Å². The van der Waals surface area contributed by atoms with Crippen molar-refractivity contribution >= 4 is 5.91 Å². The summed E-state index contributed by atoms with van der Waals surface area (Å²) in [7, 11) is 0. The second kappa shape index (κ2) is 6.89. The van der Waals surface area contributed by atoms with Crippen molar-refractivity contribution in [3.8, 4) is 0 Å². The summed E-state index contributed by atoms with van der Waals surface area (Å²) < 4.78 is 5.88. The Balaban J connectivity index is 1.40. The minimum absolute atomic E-state index is 0.204. The van der Waals surface area contributed by atoms with Crippen LogP contribution >= 0.6 is 0 Å². The number of rotatable bonds is 6. The highest BCUT2D eigenvalue weighted by atomic mass is 16.3. The summed E-state index contributed by atoms with van der Waals surface area (Å²) in [6.07, 6.45) is 2.42. The fourth-order valence-electron chi connectivity index (χ4n) is 3.54. The van der Waals surface area contributed by atoms with Gasteiger partial charge in [0.2, 0.25) is 5.91 Å². The van der Waals surface area contributed by atoms with Crippen LogP contribution in [0.2, 0.25) is 0 Å². The van der Waals surface area contributed by atoms with Gasteiger partial charge in [-0.3, -0.25) is 9.69 Å². The SMILES string of the molecule is C[C@H]1C[C@@H]1c1ccc(CCC(=O)N2CCN(CC(C)(C)O)CC2)o1. The molecule has 1 saturated carbocycles. The van der Waals surface area contributed by atoms with Crippen LogP contribution in [0.4, 0.5) is 0 Å². The van der Waals surface area contributed by atoms with Gasteiger partial charge in [0.05, 0.1) is 5.60 Å². The van der Waals surface area contributed by atoms with Gasteiger partial charge in [-0.1, -0.05) is 6.92 Å². The molecular weight excluding hydrogens is 304 g/mol. The van der Waals surface area contributed by atoms with Gasteiger partial charge in [-0.25, -0.2) is 0 Å². The van der Waals surface area contributed by atoms with Crippen molar-refractivity contribution in [1.82, 2.24) is 9.80 Å². The molecule has 5 heteroatoms. The molecule has 0 bridgehead atoms. The van der Waals surface area contributed by atoms with Crippen LogP contribution in [-0.4, -0.2) is 59.1 Å². The molecule has 1 amide bonds. The minimum Gasteiger partial charge on any atom is -0.466 e. The topological polar surface area (TPSA) is 56.9 Å². The summed E-state index contributed by atoms with van der Waals surface area (Å²) in [6, 6.07) is 4.10. The molecule has 24 heavy (non-hydrogen) atoms. The van der Waals surface area contributed by atoms with Crippen LogP contribution in [0.1, 0.15) is 51.1 Å². The van der Waals surface area contributed by atoms with E-state index in [-0.39, 0.29) is 5.91 Å². The molecule has 0 unspecified atom stereocenters. The normalized spacial score (nSPS) is 25.1. The lowest BCUT2D eigenvalue weighted by molar-refractivity contribution is -0.133. The molecule has 1 saturated heterocycles. The molecule has 0 aromatic carbocycles. The third kappa shape index (κ3) is 4.61. The minimum atomic E-state index is -0.678. The molecular formula is C19H30N2O3. The molecule has 2 aliphatic rings. The largest absolute Gasteiger partial charge is 0.466 e. The molecule has 0 radical (unpaired) electrons. The van der Waals surface area contributed by atoms with Crippen LogP contribution in [0, 0.1) is 5.92 Å². The van der Waals surface area contributed by atoms with Gasteiger partial charge in [-0.2, -0.15) is 0 Å². The number of nitrogens with zero attached hydrogens (tertiary/aromatic N) is 2. The highest BCUT2D eigenvalue weighted by Crippen LogP contribution is 2.47. The molecule has 2 fully saturated rings. The summed E-state index contributed by atoms with van der Waals surface area (Å²) in [5.74, 6) is 3.56. The number of amides is 1. The van der Waals surface area contributed by atoms with Gasteiger partial charge < -0.3 is 14.4 Å². The van der Waals surface area contributed by atoms with Gasteiger partial charge in [-0.15, -0.1) is 0 Å². The van der Waals surface area contributed by atoms with Crippen LogP contribution in [0.15, 0.2) is 16.5 Å². The Bertz CT molecular complexity index is 567. The number of carbonyl (C=O) groups excluding carboxylic acids is 1. The second-order valence-corrected chi connectivity index (χ2v) is 8.09. The maximum atomic E-state index is 12.4. The lowest BCUT2D eigenvalue weighted by Crippen LogP contribution is -2.52. The molecule has 0 spiro atoms. The van der Waals surface area contributed by atoms with Crippen molar-refractivity contribution in [1.29, 1.82) is 0 Å². The van der Waals surface area contributed by atoms with Crippen molar-refractivity contribution < 1.29 is 14.3 Å². The van der Waals surface area contributed by atoms with E-state index >= 15 is 0 Å². The van der Waals surface area contributed by atoms with E-state index in [0.29, 0.717) is 25.3 Å². The highest BCUT2D eigenvalue weighted by Gasteiger charge is 2.36.